The molecule has 0 unspecified atom stereocenters. The van der Waals surface area contributed by atoms with Crippen LogP contribution in [-0.2, 0) is 10.5 Å². The van der Waals surface area contributed by atoms with Crippen LogP contribution in [0.1, 0.15) is 5.82 Å². The van der Waals surface area contributed by atoms with Crippen molar-refractivity contribution in [3.05, 3.63) is 36.2 Å². The highest BCUT2D eigenvalue weighted by Crippen LogP contribution is 2.30. The number of tetrazole rings is 1. The molecule has 0 amide bonds. The van der Waals surface area contributed by atoms with Crippen molar-refractivity contribution in [2.75, 3.05) is 31.2 Å². The van der Waals surface area contributed by atoms with E-state index >= 15 is 0 Å². The van der Waals surface area contributed by atoms with Gasteiger partial charge < -0.3 is 9.64 Å². The summed E-state index contributed by atoms with van der Waals surface area (Å²) in [4.78, 5) is 2.21. The molecule has 1 aliphatic heterocycles. The minimum Gasteiger partial charge on any atom is -0.378 e. The summed E-state index contributed by atoms with van der Waals surface area (Å²) < 4.78 is 8.03. The summed E-state index contributed by atoms with van der Waals surface area (Å²) in [5, 5.41) is 21.5. The van der Waals surface area contributed by atoms with Crippen LogP contribution >= 0.6 is 23.1 Å². The fraction of sp³-hybridized carbons (Fsp3) is 0.357. The second kappa shape index (κ2) is 7.24. The maximum atomic E-state index is 5.36. The van der Waals surface area contributed by atoms with Crippen LogP contribution in [-0.4, -0.2) is 56.7 Å². The van der Waals surface area contributed by atoms with Crippen molar-refractivity contribution in [2.45, 2.75) is 10.1 Å². The third-order valence-electron chi connectivity index (χ3n) is 3.54. The van der Waals surface area contributed by atoms with Crippen molar-refractivity contribution in [1.82, 2.24) is 30.4 Å². The minimum atomic E-state index is 0.639. The van der Waals surface area contributed by atoms with E-state index in [0.29, 0.717) is 5.75 Å². The summed E-state index contributed by atoms with van der Waals surface area (Å²) in [7, 11) is 0. The molecule has 3 heterocycles. The highest BCUT2D eigenvalue weighted by molar-refractivity contribution is 8.00. The van der Waals surface area contributed by atoms with E-state index in [0.717, 1.165) is 47.3 Å². The van der Waals surface area contributed by atoms with Crippen molar-refractivity contribution in [3.63, 3.8) is 0 Å². The lowest BCUT2D eigenvalue weighted by atomic mass is 10.3. The molecule has 4 rings (SSSR count). The zero-order valence-electron chi connectivity index (χ0n) is 12.8. The van der Waals surface area contributed by atoms with Crippen LogP contribution in [0.3, 0.4) is 0 Å². The molecule has 0 radical (unpaired) electrons. The second-order valence-corrected chi connectivity index (χ2v) is 7.26. The molecule has 124 valence electrons. The first-order valence-electron chi connectivity index (χ1n) is 7.52. The average molecular weight is 361 g/mol. The van der Waals surface area contributed by atoms with Crippen molar-refractivity contribution < 1.29 is 4.74 Å². The van der Waals surface area contributed by atoms with Gasteiger partial charge in [-0.05, 0) is 22.6 Å². The molecule has 0 aliphatic carbocycles. The number of rotatable bonds is 5. The maximum absolute atomic E-state index is 5.36. The third kappa shape index (κ3) is 3.40. The number of para-hydroxylation sites is 1. The smallest absolute Gasteiger partial charge is 0.209 e. The number of morpholine rings is 1. The third-order valence-corrected chi connectivity index (χ3v) is 5.65. The van der Waals surface area contributed by atoms with Gasteiger partial charge in [0, 0.05) is 13.1 Å². The van der Waals surface area contributed by atoms with Gasteiger partial charge in [-0.15, -0.1) is 15.3 Å². The molecule has 8 nitrogen and oxygen atoms in total. The number of thioether (sulfide) groups is 1. The van der Waals surface area contributed by atoms with Crippen molar-refractivity contribution in [3.8, 4) is 5.69 Å². The highest BCUT2D eigenvalue weighted by atomic mass is 32.2. The fourth-order valence-corrected chi connectivity index (χ4v) is 4.13. The van der Waals surface area contributed by atoms with Gasteiger partial charge in [0.1, 0.15) is 0 Å². The highest BCUT2D eigenvalue weighted by Gasteiger charge is 2.17. The summed E-state index contributed by atoms with van der Waals surface area (Å²) in [6.45, 7) is 3.22. The Hall–Kier alpha value is -2.04. The lowest BCUT2D eigenvalue weighted by molar-refractivity contribution is 0.122. The molecule has 0 atom stereocenters. The standard InChI is InChI=1S/C14H15N7OS2/c1-2-4-11(5-3-1)21-12(15-18-19-21)10-23-14-17-16-13(24-14)20-6-8-22-9-7-20/h1-5H,6-10H2. The molecule has 1 saturated heterocycles. The van der Waals surface area contributed by atoms with Crippen molar-refractivity contribution in [2.24, 2.45) is 0 Å². The van der Waals surface area contributed by atoms with Gasteiger partial charge >= 0.3 is 0 Å². The van der Waals surface area contributed by atoms with Crippen molar-refractivity contribution >= 4 is 28.2 Å². The summed E-state index contributed by atoms with van der Waals surface area (Å²) >= 11 is 3.19. The van der Waals surface area contributed by atoms with E-state index in [4.69, 9.17) is 4.74 Å². The zero-order chi connectivity index (χ0) is 16.2. The molecule has 24 heavy (non-hydrogen) atoms. The quantitative estimate of drug-likeness (QED) is 0.635. The Morgan fingerprint density at radius 1 is 1.08 bits per heavy atom. The Kier molecular flexibility index (Phi) is 4.67. The molecule has 10 heteroatoms. The molecule has 0 saturated carbocycles. The number of anilines is 1. The molecule has 2 aromatic heterocycles. The summed E-state index contributed by atoms with van der Waals surface area (Å²) in [6, 6.07) is 9.86. The number of benzene rings is 1. The van der Waals surface area contributed by atoms with E-state index in [9.17, 15) is 0 Å². The Bertz CT molecular complexity index is 785. The van der Waals surface area contributed by atoms with Crippen LogP contribution in [0.5, 0.6) is 0 Å². The lowest BCUT2D eigenvalue weighted by Gasteiger charge is -2.25. The summed E-state index contributed by atoms with van der Waals surface area (Å²) in [5.41, 5.74) is 0.948. The molecule has 0 N–H and O–H groups in total. The predicted molar refractivity (Wildman–Crippen MR) is 91.7 cm³/mol. The number of aromatic nitrogens is 6. The molecule has 1 fully saturated rings. The lowest BCUT2D eigenvalue weighted by Crippen LogP contribution is -2.36. The first kappa shape index (κ1) is 15.5. The Labute approximate surface area is 146 Å². The van der Waals surface area contributed by atoms with Crippen LogP contribution in [0.25, 0.3) is 5.69 Å². The van der Waals surface area contributed by atoms with Gasteiger partial charge in [-0.25, -0.2) is 0 Å². The molecule has 0 bridgehead atoms. The molecular formula is C14H15N7OS2. The molecule has 1 aliphatic rings. The predicted octanol–water partition coefficient (Wildman–Crippen LogP) is 1.64. The average Bonchev–Trinajstić information content (AvgIpc) is 3.31. The first-order chi connectivity index (χ1) is 11.9. The number of nitrogens with zero attached hydrogens (tertiary/aromatic N) is 7. The van der Waals surface area contributed by atoms with Gasteiger partial charge in [0.2, 0.25) is 5.13 Å². The topological polar surface area (TPSA) is 81.8 Å². The minimum absolute atomic E-state index is 0.639. The van der Waals surface area contributed by atoms with E-state index in [1.165, 1.54) is 0 Å². The fourth-order valence-electron chi connectivity index (χ4n) is 2.34. The zero-order valence-corrected chi connectivity index (χ0v) is 14.4. The largest absolute Gasteiger partial charge is 0.378 e. The number of hydrogen-bond acceptors (Lipinski definition) is 9. The van der Waals surface area contributed by atoms with Gasteiger partial charge in [0.25, 0.3) is 0 Å². The Morgan fingerprint density at radius 2 is 1.92 bits per heavy atom. The Morgan fingerprint density at radius 3 is 2.75 bits per heavy atom. The van der Waals surface area contributed by atoms with Crippen LogP contribution < -0.4 is 4.90 Å². The Balaban J connectivity index is 1.43. The van der Waals surface area contributed by atoms with E-state index < -0.39 is 0 Å². The number of hydrogen-bond donors (Lipinski definition) is 0. The summed E-state index contributed by atoms with van der Waals surface area (Å²) in [5.74, 6) is 1.42. The van der Waals surface area contributed by atoms with E-state index in [2.05, 4.69) is 30.6 Å². The van der Waals surface area contributed by atoms with Crippen LogP contribution in [0.15, 0.2) is 34.7 Å². The van der Waals surface area contributed by atoms with Crippen molar-refractivity contribution in [1.29, 1.82) is 0 Å². The van der Waals surface area contributed by atoms with Gasteiger partial charge in [0.15, 0.2) is 10.2 Å². The SMILES string of the molecule is c1ccc(-n2nnnc2CSc2nnc(N3CCOCC3)s2)cc1. The van der Waals surface area contributed by atoms with Crippen LogP contribution in [0.2, 0.25) is 0 Å². The van der Waals surface area contributed by atoms with Gasteiger partial charge in [-0.2, -0.15) is 4.68 Å². The molecule has 1 aromatic carbocycles. The first-order valence-corrected chi connectivity index (χ1v) is 9.32. The van der Waals surface area contributed by atoms with Gasteiger partial charge in [-0.3, -0.25) is 0 Å². The molecule has 3 aromatic rings. The second-order valence-electron chi connectivity index (χ2n) is 5.08. The van der Waals surface area contributed by atoms with E-state index in [1.54, 1.807) is 27.8 Å². The monoisotopic (exact) mass is 361 g/mol. The number of ether oxygens (including phenoxy) is 1. The van der Waals surface area contributed by atoms with Gasteiger partial charge in [0.05, 0.1) is 24.7 Å². The van der Waals surface area contributed by atoms with Crippen LogP contribution in [0.4, 0.5) is 5.13 Å². The maximum Gasteiger partial charge on any atom is 0.209 e. The molecule has 0 spiro atoms. The van der Waals surface area contributed by atoms with E-state index in [1.807, 2.05) is 30.3 Å². The summed E-state index contributed by atoms with van der Waals surface area (Å²) in [6.07, 6.45) is 0. The normalized spacial score (nSPS) is 14.9. The van der Waals surface area contributed by atoms with E-state index in [-0.39, 0.29) is 0 Å². The van der Waals surface area contributed by atoms with Gasteiger partial charge in [-0.1, -0.05) is 41.3 Å². The van der Waals surface area contributed by atoms with Crippen LogP contribution in [0, 0.1) is 0 Å². The molecular weight excluding hydrogens is 346 g/mol.